The summed E-state index contributed by atoms with van der Waals surface area (Å²) in [5, 5.41) is 0. The molecule has 54 valence electrons. The van der Waals surface area contributed by atoms with Gasteiger partial charge < -0.3 is 0 Å². The number of aryl methyl sites for hydroxylation is 2. The van der Waals surface area contributed by atoms with E-state index in [-0.39, 0.29) is 0 Å². The van der Waals surface area contributed by atoms with Gasteiger partial charge in [-0.3, -0.25) is 4.40 Å². The predicted octanol–water partition coefficient (Wildman–Crippen LogP) is 2.16. The van der Waals surface area contributed by atoms with E-state index in [1.807, 2.05) is 10.5 Å². The molecular formula is C10H9N. The molecule has 2 rings (SSSR count). The molecule has 0 N–H and O–H groups in total. The third-order valence-corrected chi connectivity index (χ3v) is 1.96. The summed E-state index contributed by atoms with van der Waals surface area (Å²) in [5.41, 5.74) is 3.67. The van der Waals surface area contributed by atoms with Crippen molar-refractivity contribution in [3.63, 3.8) is 0 Å². The number of pyridine rings is 1. The van der Waals surface area contributed by atoms with Gasteiger partial charge in [0, 0.05) is 18.0 Å². The minimum atomic E-state index is 1.20. The van der Waals surface area contributed by atoms with Gasteiger partial charge in [-0.15, -0.1) is 0 Å². The van der Waals surface area contributed by atoms with Crippen LogP contribution in [0.3, 0.4) is 0 Å². The molecule has 0 amide bonds. The largest absolute Gasteiger partial charge is 0.273 e. The standard InChI is InChI=1S/C10H9N/c1-8-5-6-9(2)11-7-3-4-10(8)11/h4-6H,1-2H3. The summed E-state index contributed by atoms with van der Waals surface area (Å²) >= 11 is 0. The fraction of sp³-hybridized carbons (Fsp3) is 0.200. The Hall–Kier alpha value is -1.42. The van der Waals surface area contributed by atoms with E-state index in [0.29, 0.717) is 0 Å². The number of aromatic nitrogens is 1. The highest BCUT2D eigenvalue weighted by atomic mass is 14.9. The maximum atomic E-state index is 3.02. The first-order valence-electron chi connectivity index (χ1n) is 3.66. The second-order valence-corrected chi connectivity index (χ2v) is 2.78. The summed E-state index contributed by atoms with van der Waals surface area (Å²) in [6.45, 7) is 4.16. The zero-order chi connectivity index (χ0) is 7.84. The molecule has 0 aliphatic rings. The molecule has 2 aromatic heterocycles. The lowest BCUT2D eigenvalue weighted by Gasteiger charge is -2.00. The van der Waals surface area contributed by atoms with Gasteiger partial charge in [-0.05, 0) is 31.5 Å². The van der Waals surface area contributed by atoms with Crippen molar-refractivity contribution in [2.24, 2.45) is 0 Å². The molecule has 0 aromatic carbocycles. The van der Waals surface area contributed by atoms with Gasteiger partial charge in [-0.2, -0.15) is 0 Å². The van der Waals surface area contributed by atoms with Crippen molar-refractivity contribution in [2.45, 2.75) is 13.8 Å². The molecular weight excluding hydrogens is 134 g/mol. The molecule has 2 aromatic rings. The molecule has 0 saturated heterocycles. The molecule has 0 bridgehead atoms. The van der Waals surface area contributed by atoms with Crippen LogP contribution < -0.4 is 0 Å². The first kappa shape index (κ1) is 6.30. The van der Waals surface area contributed by atoms with Gasteiger partial charge in [0.05, 0.1) is 5.52 Å². The molecule has 0 aliphatic carbocycles. The van der Waals surface area contributed by atoms with Crippen LogP contribution in [0.5, 0.6) is 0 Å². The monoisotopic (exact) mass is 143 g/mol. The fourth-order valence-corrected chi connectivity index (χ4v) is 1.26. The quantitative estimate of drug-likeness (QED) is 0.532. The Morgan fingerprint density at radius 2 is 2.09 bits per heavy atom. The van der Waals surface area contributed by atoms with Crippen molar-refractivity contribution in [1.29, 1.82) is 0 Å². The average Bonchev–Trinajstić information content (AvgIpc) is 2.45. The van der Waals surface area contributed by atoms with E-state index in [9.17, 15) is 0 Å². The second kappa shape index (κ2) is 2.03. The van der Waals surface area contributed by atoms with E-state index in [1.54, 1.807) is 0 Å². The van der Waals surface area contributed by atoms with Crippen LogP contribution in [0.25, 0.3) is 5.52 Å². The molecule has 1 heteroatoms. The molecule has 0 unspecified atom stereocenters. The van der Waals surface area contributed by atoms with Crippen molar-refractivity contribution in [2.75, 3.05) is 0 Å². The Morgan fingerprint density at radius 1 is 1.27 bits per heavy atom. The van der Waals surface area contributed by atoms with Crippen LogP contribution in [-0.2, 0) is 0 Å². The smallest absolute Gasteiger partial charge is 0.0655 e. The third kappa shape index (κ3) is 0.798. The number of hydrogen-bond donors (Lipinski definition) is 0. The van der Waals surface area contributed by atoms with Gasteiger partial charge in [-0.1, -0.05) is 6.07 Å². The molecule has 1 nitrogen and oxygen atoms in total. The van der Waals surface area contributed by atoms with E-state index in [2.05, 4.69) is 38.2 Å². The Labute approximate surface area is 66.3 Å². The van der Waals surface area contributed by atoms with Crippen molar-refractivity contribution < 1.29 is 0 Å². The number of hydrogen-bond acceptors (Lipinski definition) is 0. The van der Waals surface area contributed by atoms with Gasteiger partial charge in [0.15, 0.2) is 0 Å². The van der Waals surface area contributed by atoms with E-state index >= 15 is 0 Å². The third-order valence-electron chi connectivity index (χ3n) is 1.96. The van der Waals surface area contributed by atoms with Gasteiger partial charge in [-0.25, -0.2) is 0 Å². The molecule has 0 aliphatic heterocycles. The van der Waals surface area contributed by atoms with Crippen molar-refractivity contribution in [3.05, 3.63) is 41.7 Å². The molecule has 2 heterocycles. The van der Waals surface area contributed by atoms with E-state index in [1.165, 1.54) is 16.8 Å². The normalized spacial score (nSPS) is 10.0. The SMILES string of the molecule is Cc1ccc(C)n2c#ccc12. The minimum Gasteiger partial charge on any atom is -0.273 e. The first-order chi connectivity index (χ1) is 5.29. The number of rotatable bonds is 0. The maximum absolute atomic E-state index is 3.02. The second-order valence-electron chi connectivity index (χ2n) is 2.78. The van der Waals surface area contributed by atoms with Crippen molar-refractivity contribution in [3.8, 4) is 0 Å². The van der Waals surface area contributed by atoms with Crippen LogP contribution in [0.1, 0.15) is 11.3 Å². The van der Waals surface area contributed by atoms with E-state index in [0.717, 1.165) is 0 Å². The fourth-order valence-electron chi connectivity index (χ4n) is 1.26. The minimum absolute atomic E-state index is 1.20. The number of nitrogens with zero attached hydrogens (tertiary/aromatic N) is 1. The van der Waals surface area contributed by atoms with Crippen LogP contribution in [0.4, 0.5) is 0 Å². The molecule has 0 fully saturated rings. The average molecular weight is 143 g/mol. The summed E-state index contributed by atoms with van der Waals surface area (Å²) in [7, 11) is 0. The lowest BCUT2D eigenvalue weighted by molar-refractivity contribution is 1.09. The summed E-state index contributed by atoms with van der Waals surface area (Å²) < 4.78 is 2.02. The van der Waals surface area contributed by atoms with Gasteiger partial charge >= 0.3 is 0 Å². The Bertz CT molecular complexity index is 349. The maximum Gasteiger partial charge on any atom is 0.0655 e. The highest BCUT2D eigenvalue weighted by Gasteiger charge is 1.96. The van der Waals surface area contributed by atoms with Crippen molar-refractivity contribution >= 4 is 5.52 Å². The molecule has 0 radical (unpaired) electrons. The van der Waals surface area contributed by atoms with Gasteiger partial charge in [0.2, 0.25) is 0 Å². The summed E-state index contributed by atoms with van der Waals surface area (Å²) in [6, 6.07) is 9.13. The lowest BCUT2D eigenvalue weighted by Crippen LogP contribution is -1.89. The van der Waals surface area contributed by atoms with Crippen LogP contribution in [-0.4, -0.2) is 4.40 Å². The summed E-state index contributed by atoms with van der Waals surface area (Å²) in [4.78, 5) is 0. The van der Waals surface area contributed by atoms with Gasteiger partial charge in [0.25, 0.3) is 0 Å². The zero-order valence-corrected chi connectivity index (χ0v) is 6.68. The van der Waals surface area contributed by atoms with Gasteiger partial charge in [0.1, 0.15) is 0 Å². The molecule has 0 atom stereocenters. The number of fused-ring (bicyclic) bond motifs is 1. The Balaban J connectivity index is 2.96. The summed E-state index contributed by atoms with van der Waals surface area (Å²) in [5.74, 6) is 0. The van der Waals surface area contributed by atoms with Crippen molar-refractivity contribution in [1.82, 2.24) is 4.40 Å². The van der Waals surface area contributed by atoms with Crippen LogP contribution in [0.2, 0.25) is 0 Å². The Morgan fingerprint density at radius 3 is 2.82 bits per heavy atom. The Kier molecular flexibility index (Phi) is 1.16. The summed E-state index contributed by atoms with van der Waals surface area (Å²) in [6.07, 6.45) is 3.02. The molecule has 11 heavy (non-hydrogen) atoms. The van der Waals surface area contributed by atoms with Crippen LogP contribution in [0, 0.1) is 26.1 Å². The predicted molar refractivity (Wildman–Crippen MR) is 44.5 cm³/mol. The first-order valence-corrected chi connectivity index (χ1v) is 3.66. The highest BCUT2D eigenvalue weighted by Crippen LogP contribution is 2.10. The lowest BCUT2D eigenvalue weighted by atomic mass is 10.2. The highest BCUT2D eigenvalue weighted by molar-refractivity contribution is 5.53. The van der Waals surface area contributed by atoms with Crippen LogP contribution >= 0.6 is 0 Å². The molecule has 0 spiro atoms. The van der Waals surface area contributed by atoms with E-state index in [4.69, 9.17) is 0 Å². The van der Waals surface area contributed by atoms with E-state index < -0.39 is 0 Å². The van der Waals surface area contributed by atoms with Crippen LogP contribution in [0.15, 0.2) is 18.2 Å². The zero-order valence-electron chi connectivity index (χ0n) is 6.68. The topological polar surface area (TPSA) is 4.41 Å². The molecule has 0 saturated carbocycles.